The summed E-state index contributed by atoms with van der Waals surface area (Å²) < 4.78 is 5.22. The summed E-state index contributed by atoms with van der Waals surface area (Å²) >= 11 is 7.55. The number of rotatable bonds is 7. The number of methoxy groups -OCH3 is 1. The van der Waals surface area contributed by atoms with Gasteiger partial charge in [0, 0.05) is 22.0 Å². The van der Waals surface area contributed by atoms with Crippen LogP contribution in [0.25, 0.3) is 0 Å². The van der Waals surface area contributed by atoms with Gasteiger partial charge in [-0.2, -0.15) is 0 Å². The molecule has 0 saturated carbocycles. The highest BCUT2D eigenvalue weighted by Gasteiger charge is 2.12. The van der Waals surface area contributed by atoms with Crippen LogP contribution in [-0.2, 0) is 13.0 Å². The fourth-order valence-corrected chi connectivity index (χ4v) is 3.98. The van der Waals surface area contributed by atoms with Crippen molar-refractivity contribution in [1.29, 1.82) is 0 Å². The molecule has 140 valence electrons. The van der Waals surface area contributed by atoms with Crippen LogP contribution in [0.5, 0.6) is 5.75 Å². The van der Waals surface area contributed by atoms with E-state index in [0.29, 0.717) is 0 Å². The first-order chi connectivity index (χ1) is 13.1. The third kappa shape index (κ3) is 5.81. The largest absolute Gasteiger partial charge is 0.497 e. The number of benzene rings is 2. The van der Waals surface area contributed by atoms with Gasteiger partial charge in [0.15, 0.2) is 5.11 Å². The first kappa shape index (κ1) is 19.4. The molecule has 0 aliphatic rings. The van der Waals surface area contributed by atoms with E-state index >= 15 is 0 Å². The topological polar surface area (TPSA) is 24.5 Å². The lowest BCUT2D eigenvalue weighted by molar-refractivity contribution is 0.415. The molecule has 0 spiro atoms. The van der Waals surface area contributed by atoms with Gasteiger partial charge < -0.3 is 15.0 Å². The average molecular weight is 397 g/mol. The number of hydrogen-bond donors (Lipinski definition) is 1. The minimum Gasteiger partial charge on any atom is -0.497 e. The molecule has 3 aromatic rings. The standard InChI is InChI=1S/C22H24N2OS2/c1-17-8-13-21(27-17)16-24(15-14-18-6-4-3-5-7-18)22(26)23-19-9-11-20(25-2)12-10-19/h3-13H,14-16H2,1-2H3,(H,23,26). The number of nitrogens with zero attached hydrogens (tertiary/aromatic N) is 1. The first-order valence-corrected chi connectivity index (χ1v) is 10.2. The minimum absolute atomic E-state index is 0.738. The summed E-state index contributed by atoms with van der Waals surface area (Å²) in [5.74, 6) is 0.835. The maximum atomic E-state index is 5.73. The number of thiocarbonyl (C=S) groups is 1. The van der Waals surface area contributed by atoms with Crippen molar-refractivity contribution in [2.45, 2.75) is 19.9 Å². The molecule has 0 fully saturated rings. The van der Waals surface area contributed by atoms with Crippen molar-refractivity contribution in [3.8, 4) is 5.75 Å². The number of ether oxygens (including phenoxy) is 1. The average Bonchev–Trinajstić information content (AvgIpc) is 3.11. The van der Waals surface area contributed by atoms with E-state index in [4.69, 9.17) is 17.0 Å². The molecule has 3 rings (SSSR count). The zero-order valence-corrected chi connectivity index (χ0v) is 17.3. The molecular weight excluding hydrogens is 372 g/mol. The monoisotopic (exact) mass is 396 g/mol. The molecule has 5 heteroatoms. The maximum absolute atomic E-state index is 5.73. The van der Waals surface area contributed by atoms with E-state index in [2.05, 4.69) is 53.5 Å². The van der Waals surface area contributed by atoms with Gasteiger partial charge in [-0.3, -0.25) is 0 Å². The van der Waals surface area contributed by atoms with Gasteiger partial charge in [0.25, 0.3) is 0 Å². The Morgan fingerprint density at radius 2 is 1.78 bits per heavy atom. The Morgan fingerprint density at radius 1 is 1.04 bits per heavy atom. The Kier molecular flexibility index (Phi) is 6.85. The van der Waals surface area contributed by atoms with Crippen molar-refractivity contribution in [2.75, 3.05) is 19.0 Å². The van der Waals surface area contributed by atoms with Crippen LogP contribution in [-0.4, -0.2) is 23.7 Å². The van der Waals surface area contributed by atoms with E-state index in [-0.39, 0.29) is 0 Å². The van der Waals surface area contributed by atoms with Gasteiger partial charge in [0.1, 0.15) is 5.75 Å². The van der Waals surface area contributed by atoms with Crippen LogP contribution in [0.2, 0.25) is 0 Å². The fourth-order valence-electron chi connectivity index (χ4n) is 2.80. The van der Waals surface area contributed by atoms with Crippen LogP contribution < -0.4 is 10.1 Å². The Balaban J connectivity index is 1.69. The maximum Gasteiger partial charge on any atom is 0.173 e. The van der Waals surface area contributed by atoms with Gasteiger partial charge >= 0.3 is 0 Å². The minimum atomic E-state index is 0.738. The van der Waals surface area contributed by atoms with Gasteiger partial charge in [-0.1, -0.05) is 30.3 Å². The third-order valence-electron chi connectivity index (χ3n) is 4.28. The zero-order valence-electron chi connectivity index (χ0n) is 15.6. The number of aryl methyl sites for hydroxylation is 1. The molecule has 0 aliphatic carbocycles. The van der Waals surface area contributed by atoms with Gasteiger partial charge in [0.2, 0.25) is 0 Å². The summed E-state index contributed by atoms with van der Waals surface area (Å²) in [5.41, 5.74) is 2.28. The Bertz CT molecular complexity index is 860. The predicted molar refractivity (Wildman–Crippen MR) is 119 cm³/mol. The van der Waals surface area contributed by atoms with Crippen LogP contribution in [0, 0.1) is 6.92 Å². The Labute approximate surface area is 170 Å². The van der Waals surface area contributed by atoms with Crippen LogP contribution in [0.1, 0.15) is 15.3 Å². The Morgan fingerprint density at radius 3 is 2.41 bits per heavy atom. The second-order valence-electron chi connectivity index (χ2n) is 6.33. The number of thiophene rings is 1. The molecule has 3 nitrogen and oxygen atoms in total. The predicted octanol–water partition coefficient (Wildman–Crippen LogP) is 5.51. The normalized spacial score (nSPS) is 10.4. The number of anilines is 1. The molecule has 1 N–H and O–H groups in total. The van der Waals surface area contributed by atoms with Gasteiger partial charge in [-0.15, -0.1) is 11.3 Å². The van der Waals surface area contributed by atoms with Crippen LogP contribution >= 0.6 is 23.6 Å². The van der Waals surface area contributed by atoms with Crippen molar-refractivity contribution < 1.29 is 4.74 Å². The molecule has 0 radical (unpaired) electrons. The van der Waals surface area contributed by atoms with Gasteiger partial charge in [-0.05, 0) is 67.5 Å². The molecule has 27 heavy (non-hydrogen) atoms. The number of nitrogens with one attached hydrogen (secondary N) is 1. The summed E-state index contributed by atoms with van der Waals surface area (Å²) in [7, 11) is 1.67. The molecule has 0 amide bonds. The molecule has 0 saturated heterocycles. The second-order valence-corrected chi connectivity index (χ2v) is 8.09. The van der Waals surface area contributed by atoms with Crippen LogP contribution in [0.15, 0.2) is 66.7 Å². The smallest absolute Gasteiger partial charge is 0.173 e. The lowest BCUT2D eigenvalue weighted by Gasteiger charge is -2.25. The van der Waals surface area contributed by atoms with E-state index in [1.807, 2.05) is 41.7 Å². The van der Waals surface area contributed by atoms with Crippen molar-refractivity contribution >= 4 is 34.4 Å². The van der Waals surface area contributed by atoms with E-state index < -0.39 is 0 Å². The van der Waals surface area contributed by atoms with E-state index in [1.54, 1.807) is 7.11 Å². The summed E-state index contributed by atoms with van der Waals surface area (Å²) in [6, 6.07) is 22.7. The summed E-state index contributed by atoms with van der Waals surface area (Å²) in [6.45, 7) is 3.81. The third-order valence-corrected chi connectivity index (χ3v) is 5.63. The first-order valence-electron chi connectivity index (χ1n) is 8.93. The molecule has 0 atom stereocenters. The highest BCUT2D eigenvalue weighted by atomic mass is 32.1. The molecule has 0 aliphatic heterocycles. The Hall–Kier alpha value is -2.37. The van der Waals surface area contributed by atoms with Crippen molar-refractivity contribution in [1.82, 2.24) is 4.90 Å². The number of hydrogen-bond acceptors (Lipinski definition) is 3. The van der Waals surface area contributed by atoms with E-state index in [0.717, 1.165) is 36.1 Å². The van der Waals surface area contributed by atoms with Gasteiger partial charge in [0.05, 0.1) is 13.7 Å². The fraction of sp³-hybridized carbons (Fsp3) is 0.227. The molecule has 1 aromatic heterocycles. The lowest BCUT2D eigenvalue weighted by atomic mass is 10.1. The van der Waals surface area contributed by atoms with Crippen molar-refractivity contribution in [3.63, 3.8) is 0 Å². The van der Waals surface area contributed by atoms with Crippen LogP contribution in [0.3, 0.4) is 0 Å². The van der Waals surface area contributed by atoms with Crippen LogP contribution in [0.4, 0.5) is 5.69 Å². The lowest BCUT2D eigenvalue weighted by Crippen LogP contribution is -2.35. The van der Waals surface area contributed by atoms with Gasteiger partial charge in [-0.25, -0.2) is 0 Å². The molecule has 0 bridgehead atoms. The SMILES string of the molecule is COc1ccc(NC(=S)N(CCc2ccccc2)Cc2ccc(C)s2)cc1. The molecular formula is C22H24N2OS2. The molecule has 0 unspecified atom stereocenters. The molecule has 1 heterocycles. The highest BCUT2D eigenvalue weighted by Crippen LogP contribution is 2.19. The van der Waals surface area contributed by atoms with E-state index in [1.165, 1.54) is 15.3 Å². The zero-order chi connectivity index (χ0) is 19.1. The molecule has 2 aromatic carbocycles. The summed E-state index contributed by atoms with van der Waals surface area (Å²) in [6.07, 6.45) is 0.954. The van der Waals surface area contributed by atoms with E-state index in [9.17, 15) is 0 Å². The summed E-state index contributed by atoms with van der Waals surface area (Å²) in [4.78, 5) is 4.87. The quantitative estimate of drug-likeness (QED) is 0.533. The highest BCUT2D eigenvalue weighted by molar-refractivity contribution is 7.80. The second kappa shape index (κ2) is 9.53. The summed E-state index contributed by atoms with van der Waals surface area (Å²) in [5, 5.41) is 4.10. The van der Waals surface area contributed by atoms with Crippen molar-refractivity contribution in [3.05, 3.63) is 82.0 Å². The van der Waals surface area contributed by atoms with Crippen molar-refractivity contribution in [2.24, 2.45) is 0 Å².